The summed E-state index contributed by atoms with van der Waals surface area (Å²) in [5, 5.41) is 11.5. The van der Waals surface area contributed by atoms with E-state index in [-0.39, 0.29) is 30.8 Å². The number of rotatable bonds is 2. The molecule has 0 saturated carbocycles. The van der Waals surface area contributed by atoms with Gasteiger partial charge in [-0.1, -0.05) is 0 Å². The molecule has 5 heterocycles. The number of hydrogen-bond donors (Lipinski definition) is 1. The van der Waals surface area contributed by atoms with E-state index in [4.69, 9.17) is 14.2 Å². The lowest BCUT2D eigenvalue weighted by molar-refractivity contribution is 0.249. The first kappa shape index (κ1) is 18.8. The Morgan fingerprint density at radius 2 is 1.97 bits per heavy atom. The summed E-state index contributed by atoms with van der Waals surface area (Å²) in [4.78, 5) is 4.02. The molecule has 162 valence electrons. The molecule has 0 aliphatic carbocycles. The molecule has 10 heteroatoms. The number of nitrogens with zero attached hydrogens (tertiary/aromatic N) is 4. The topological polar surface area (TPSA) is 82.8 Å². The Morgan fingerprint density at radius 3 is 2.81 bits per heavy atom. The van der Waals surface area contributed by atoms with Gasteiger partial charge >= 0.3 is 0 Å². The number of fused-ring (bicyclic) bond motifs is 3. The second-order valence-corrected chi connectivity index (χ2v) is 7.62. The molecule has 0 bridgehead atoms. The van der Waals surface area contributed by atoms with Crippen LogP contribution in [0.5, 0.6) is 17.4 Å². The highest BCUT2D eigenvalue weighted by atomic mass is 19.1. The van der Waals surface area contributed by atoms with Crippen molar-refractivity contribution in [3.8, 4) is 28.5 Å². The van der Waals surface area contributed by atoms with E-state index in [0.717, 1.165) is 11.8 Å². The van der Waals surface area contributed by atoms with Gasteiger partial charge in [-0.15, -0.1) is 10.2 Å². The molecule has 4 aromatic rings. The number of methoxy groups -OCH3 is 1. The minimum Gasteiger partial charge on any atom is -0.493 e. The molecule has 2 aliphatic rings. The summed E-state index contributed by atoms with van der Waals surface area (Å²) in [7, 11) is 1.46. The quantitative estimate of drug-likeness (QED) is 0.514. The fourth-order valence-corrected chi connectivity index (χ4v) is 4.37. The van der Waals surface area contributed by atoms with Crippen molar-refractivity contribution in [1.82, 2.24) is 19.6 Å². The number of halogens is 2. The first-order chi connectivity index (χ1) is 15.6. The largest absolute Gasteiger partial charge is 0.493 e. The van der Waals surface area contributed by atoms with Crippen LogP contribution >= 0.6 is 0 Å². The predicted octanol–water partition coefficient (Wildman–Crippen LogP) is 3.56. The Kier molecular flexibility index (Phi) is 4.14. The maximum Gasteiger partial charge on any atom is 0.221 e. The third kappa shape index (κ3) is 2.75. The Bertz CT molecular complexity index is 1370. The van der Waals surface area contributed by atoms with Gasteiger partial charge in [0.1, 0.15) is 23.7 Å². The summed E-state index contributed by atoms with van der Waals surface area (Å²) >= 11 is 0. The van der Waals surface area contributed by atoms with E-state index >= 15 is 0 Å². The average molecular weight is 437 g/mol. The summed E-state index contributed by atoms with van der Waals surface area (Å²) in [6.07, 6.45) is 2.61. The minimum absolute atomic E-state index is 0.117. The molecule has 6 rings (SSSR count). The smallest absolute Gasteiger partial charge is 0.221 e. The lowest BCUT2D eigenvalue weighted by Crippen LogP contribution is -2.13. The van der Waals surface area contributed by atoms with Crippen molar-refractivity contribution < 1.29 is 23.0 Å². The first-order valence-corrected chi connectivity index (χ1v) is 10.0. The minimum atomic E-state index is -0.511. The molecule has 3 aromatic heterocycles. The number of anilines is 1. The van der Waals surface area contributed by atoms with Crippen molar-refractivity contribution in [2.24, 2.45) is 0 Å². The third-order valence-electron chi connectivity index (χ3n) is 5.82. The first-order valence-electron chi connectivity index (χ1n) is 10.0. The fraction of sp³-hybridized carbons (Fsp3) is 0.227. The number of aromatic nitrogens is 4. The Balaban J connectivity index is 1.53. The molecule has 8 nitrogen and oxygen atoms in total. The zero-order valence-electron chi connectivity index (χ0n) is 16.9. The Labute approximate surface area is 180 Å². The van der Waals surface area contributed by atoms with Crippen LogP contribution in [0.4, 0.5) is 14.6 Å². The van der Waals surface area contributed by atoms with Gasteiger partial charge in [-0.05, 0) is 24.3 Å². The van der Waals surface area contributed by atoms with Crippen LogP contribution in [-0.4, -0.2) is 39.9 Å². The van der Waals surface area contributed by atoms with E-state index in [9.17, 15) is 8.78 Å². The number of pyridine rings is 2. The summed E-state index contributed by atoms with van der Waals surface area (Å²) in [6.45, 7) is 0.914. The molecule has 0 unspecified atom stereocenters. The van der Waals surface area contributed by atoms with Crippen LogP contribution in [0, 0.1) is 11.6 Å². The van der Waals surface area contributed by atoms with Gasteiger partial charge in [-0.3, -0.25) is 4.40 Å². The number of ether oxygens (including phenoxy) is 3. The molecule has 1 N–H and O–H groups in total. The summed E-state index contributed by atoms with van der Waals surface area (Å²) in [5.74, 6) is 1.04. The van der Waals surface area contributed by atoms with Gasteiger partial charge in [0.05, 0.1) is 38.0 Å². The van der Waals surface area contributed by atoms with E-state index < -0.39 is 5.82 Å². The Hall–Kier alpha value is -3.95. The highest BCUT2D eigenvalue weighted by Gasteiger charge is 2.32. The van der Waals surface area contributed by atoms with Gasteiger partial charge in [0.25, 0.3) is 0 Å². The molecule has 0 amide bonds. The highest BCUT2D eigenvalue weighted by Crippen LogP contribution is 2.42. The molecule has 0 spiro atoms. The van der Waals surface area contributed by atoms with Crippen LogP contribution in [0.15, 0.2) is 36.8 Å². The molecule has 0 fully saturated rings. The number of hydrogen-bond acceptors (Lipinski definition) is 7. The molecular weight excluding hydrogens is 420 g/mol. The molecular formula is C22H17F2N5O3. The summed E-state index contributed by atoms with van der Waals surface area (Å²) < 4.78 is 47.7. The summed E-state index contributed by atoms with van der Waals surface area (Å²) in [5.41, 5.74) is 2.77. The van der Waals surface area contributed by atoms with Crippen LogP contribution in [0.3, 0.4) is 0 Å². The fourth-order valence-electron chi connectivity index (χ4n) is 4.37. The van der Waals surface area contributed by atoms with Gasteiger partial charge in [0.15, 0.2) is 17.2 Å². The standard InChI is InChI=1S/C22H17F2N5O3/c1-30-22-14(4-12(23)6-26-22)13-5-18-21(29-10-27-28-20(13)29)25-7-15-16(24)2-3-17-19(15)11(8-31-17)9-32-18/h2-6,10-11,25H,7-9H2,1H3/t11-/m1/s1. The van der Waals surface area contributed by atoms with Gasteiger partial charge < -0.3 is 19.5 Å². The molecule has 0 radical (unpaired) electrons. The van der Waals surface area contributed by atoms with Crippen molar-refractivity contribution in [1.29, 1.82) is 0 Å². The molecule has 1 aromatic carbocycles. The lowest BCUT2D eigenvalue weighted by atomic mass is 9.96. The lowest BCUT2D eigenvalue weighted by Gasteiger charge is -2.17. The SMILES string of the molecule is COc1ncc(F)cc1-c1cc2c(n3cnnc13)NCc1c(F)ccc3c1[C@H](CO3)CO2. The second kappa shape index (κ2) is 7.04. The van der Waals surface area contributed by atoms with Crippen molar-refractivity contribution in [2.45, 2.75) is 12.5 Å². The van der Waals surface area contributed by atoms with Crippen LogP contribution in [0.1, 0.15) is 17.0 Å². The molecule has 2 aliphatic heterocycles. The van der Waals surface area contributed by atoms with Crippen molar-refractivity contribution in [2.75, 3.05) is 25.6 Å². The van der Waals surface area contributed by atoms with Crippen LogP contribution in [0.25, 0.3) is 16.8 Å². The van der Waals surface area contributed by atoms with E-state index in [1.54, 1.807) is 16.5 Å². The van der Waals surface area contributed by atoms with Crippen molar-refractivity contribution >= 4 is 11.5 Å². The zero-order chi connectivity index (χ0) is 21.8. The second-order valence-electron chi connectivity index (χ2n) is 7.62. The molecule has 0 saturated heterocycles. The van der Waals surface area contributed by atoms with Gasteiger partial charge in [-0.25, -0.2) is 13.8 Å². The number of benzene rings is 1. The van der Waals surface area contributed by atoms with Gasteiger partial charge in [0, 0.05) is 23.2 Å². The highest BCUT2D eigenvalue weighted by molar-refractivity contribution is 5.84. The Morgan fingerprint density at radius 1 is 1.12 bits per heavy atom. The average Bonchev–Trinajstić information content (AvgIpc) is 3.45. The third-order valence-corrected chi connectivity index (χ3v) is 5.82. The van der Waals surface area contributed by atoms with Gasteiger partial charge in [0.2, 0.25) is 5.88 Å². The van der Waals surface area contributed by atoms with E-state index in [1.165, 1.54) is 25.6 Å². The van der Waals surface area contributed by atoms with Gasteiger partial charge in [-0.2, -0.15) is 0 Å². The van der Waals surface area contributed by atoms with Crippen molar-refractivity contribution in [3.05, 3.63) is 59.6 Å². The van der Waals surface area contributed by atoms with Crippen LogP contribution < -0.4 is 19.5 Å². The molecule has 32 heavy (non-hydrogen) atoms. The van der Waals surface area contributed by atoms with E-state index in [0.29, 0.717) is 46.3 Å². The zero-order valence-corrected chi connectivity index (χ0v) is 16.9. The van der Waals surface area contributed by atoms with Crippen molar-refractivity contribution in [3.63, 3.8) is 0 Å². The summed E-state index contributed by atoms with van der Waals surface area (Å²) in [6, 6.07) is 6.14. The van der Waals surface area contributed by atoms with E-state index in [2.05, 4.69) is 20.5 Å². The monoisotopic (exact) mass is 437 g/mol. The normalized spacial score (nSPS) is 16.7. The van der Waals surface area contributed by atoms with Crippen LogP contribution in [0.2, 0.25) is 0 Å². The molecule has 1 atom stereocenters. The maximum atomic E-state index is 14.7. The number of nitrogens with one attached hydrogen (secondary N) is 1. The van der Waals surface area contributed by atoms with Crippen LogP contribution in [-0.2, 0) is 6.54 Å². The predicted molar refractivity (Wildman–Crippen MR) is 110 cm³/mol. The van der Waals surface area contributed by atoms with E-state index in [1.807, 2.05) is 0 Å². The maximum absolute atomic E-state index is 14.7.